The molecule has 0 bridgehead atoms. The lowest BCUT2D eigenvalue weighted by Crippen LogP contribution is -2.30. The van der Waals surface area contributed by atoms with Crippen LogP contribution in [0.1, 0.15) is 28.3 Å². The lowest BCUT2D eigenvalue weighted by atomic mass is 9.93. The highest BCUT2D eigenvalue weighted by atomic mass is 127. The first kappa shape index (κ1) is 15.3. The van der Waals surface area contributed by atoms with Crippen molar-refractivity contribution in [3.63, 3.8) is 0 Å². The SMILES string of the molecule is COc1cc(C)cc(C)c1C(NN)c1ccccc1I. The fraction of sp³-hybridized carbons (Fsp3) is 0.250. The summed E-state index contributed by atoms with van der Waals surface area (Å²) < 4.78 is 6.73. The van der Waals surface area contributed by atoms with E-state index < -0.39 is 0 Å². The van der Waals surface area contributed by atoms with E-state index in [4.69, 9.17) is 10.6 Å². The van der Waals surface area contributed by atoms with Gasteiger partial charge in [0.05, 0.1) is 13.2 Å². The molecule has 106 valence electrons. The molecule has 0 aliphatic rings. The largest absolute Gasteiger partial charge is 0.496 e. The number of hydrogen-bond acceptors (Lipinski definition) is 3. The molecule has 1 unspecified atom stereocenters. The van der Waals surface area contributed by atoms with Gasteiger partial charge in [0.2, 0.25) is 0 Å². The number of hydrazine groups is 1. The first-order valence-corrected chi connectivity index (χ1v) is 7.52. The summed E-state index contributed by atoms with van der Waals surface area (Å²) in [6.07, 6.45) is 0. The van der Waals surface area contributed by atoms with Gasteiger partial charge in [-0.05, 0) is 65.3 Å². The van der Waals surface area contributed by atoms with Gasteiger partial charge in [-0.2, -0.15) is 0 Å². The summed E-state index contributed by atoms with van der Waals surface area (Å²) in [6, 6.07) is 12.3. The van der Waals surface area contributed by atoms with E-state index in [2.05, 4.69) is 60.1 Å². The maximum absolute atomic E-state index is 5.83. The molecule has 3 N–H and O–H groups in total. The van der Waals surface area contributed by atoms with Crippen LogP contribution in [0, 0.1) is 17.4 Å². The van der Waals surface area contributed by atoms with Crippen LogP contribution in [0.3, 0.4) is 0 Å². The van der Waals surface area contributed by atoms with Crippen molar-refractivity contribution in [2.75, 3.05) is 7.11 Å². The first-order chi connectivity index (χ1) is 9.58. The van der Waals surface area contributed by atoms with Crippen molar-refractivity contribution in [3.05, 3.63) is 62.2 Å². The molecule has 0 fully saturated rings. The highest BCUT2D eigenvalue weighted by molar-refractivity contribution is 14.1. The normalized spacial score (nSPS) is 12.2. The van der Waals surface area contributed by atoms with E-state index in [0.717, 1.165) is 16.9 Å². The number of nitrogens with two attached hydrogens (primary N) is 1. The van der Waals surface area contributed by atoms with Crippen molar-refractivity contribution in [2.45, 2.75) is 19.9 Å². The molecule has 2 aromatic rings. The second kappa shape index (κ2) is 6.56. The van der Waals surface area contributed by atoms with Crippen LogP contribution in [0.4, 0.5) is 0 Å². The van der Waals surface area contributed by atoms with Gasteiger partial charge in [0.15, 0.2) is 0 Å². The number of ether oxygens (including phenoxy) is 1. The molecule has 20 heavy (non-hydrogen) atoms. The van der Waals surface area contributed by atoms with Crippen LogP contribution in [0.5, 0.6) is 5.75 Å². The highest BCUT2D eigenvalue weighted by Crippen LogP contribution is 2.35. The van der Waals surface area contributed by atoms with Crippen molar-refractivity contribution in [1.82, 2.24) is 5.43 Å². The lowest BCUT2D eigenvalue weighted by molar-refractivity contribution is 0.403. The van der Waals surface area contributed by atoms with Crippen molar-refractivity contribution in [2.24, 2.45) is 5.84 Å². The Balaban J connectivity index is 2.61. The topological polar surface area (TPSA) is 47.3 Å². The van der Waals surface area contributed by atoms with Crippen LogP contribution in [0.2, 0.25) is 0 Å². The molecular weight excluding hydrogens is 363 g/mol. The minimum absolute atomic E-state index is 0.0846. The van der Waals surface area contributed by atoms with Crippen molar-refractivity contribution < 1.29 is 4.74 Å². The summed E-state index contributed by atoms with van der Waals surface area (Å²) in [5.41, 5.74) is 7.52. The fourth-order valence-corrected chi connectivity index (χ4v) is 3.22. The van der Waals surface area contributed by atoms with Gasteiger partial charge < -0.3 is 4.74 Å². The third-order valence-electron chi connectivity index (χ3n) is 3.38. The van der Waals surface area contributed by atoms with Gasteiger partial charge in [-0.3, -0.25) is 5.84 Å². The quantitative estimate of drug-likeness (QED) is 0.484. The Bertz CT molecular complexity index is 613. The molecule has 0 amide bonds. The maximum atomic E-state index is 5.83. The van der Waals surface area contributed by atoms with Gasteiger partial charge in [-0.25, -0.2) is 5.43 Å². The van der Waals surface area contributed by atoms with E-state index in [1.807, 2.05) is 18.2 Å². The zero-order chi connectivity index (χ0) is 14.7. The molecule has 0 saturated carbocycles. The van der Waals surface area contributed by atoms with Gasteiger partial charge in [0.1, 0.15) is 5.75 Å². The molecule has 0 saturated heterocycles. The zero-order valence-corrected chi connectivity index (χ0v) is 14.1. The van der Waals surface area contributed by atoms with Gasteiger partial charge in [-0.1, -0.05) is 24.3 Å². The van der Waals surface area contributed by atoms with Crippen LogP contribution in [0.25, 0.3) is 0 Å². The standard InChI is InChI=1S/C16H19IN2O/c1-10-8-11(2)15(14(9-10)20-3)16(19-18)12-6-4-5-7-13(12)17/h4-9,16,19H,18H2,1-3H3. The molecule has 0 spiro atoms. The van der Waals surface area contributed by atoms with E-state index in [0.29, 0.717) is 0 Å². The van der Waals surface area contributed by atoms with E-state index in [1.165, 1.54) is 14.7 Å². The maximum Gasteiger partial charge on any atom is 0.124 e. The third-order valence-corrected chi connectivity index (χ3v) is 4.37. The van der Waals surface area contributed by atoms with Crippen LogP contribution in [0.15, 0.2) is 36.4 Å². The average molecular weight is 382 g/mol. The molecule has 0 aliphatic carbocycles. The molecule has 0 aromatic heterocycles. The number of aryl methyl sites for hydroxylation is 2. The number of hydrogen-bond donors (Lipinski definition) is 2. The number of methoxy groups -OCH3 is 1. The minimum atomic E-state index is -0.0846. The van der Waals surface area contributed by atoms with Gasteiger partial charge in [0, 0.05) is 9.13 Å². The van der Waals surface area contributed by atoms with E-state index >= 15 is 0 Å². The van der Waals surface area contributed by atoms with Crippen molar-refractivity contribution in [3.8, 4) is 5.75 Å². The fourth-order valence-electron chi connectivity index (χ4n) is 2.52. The summed E-state index contributed by atoms with van der Waals surface area (Å²) in [5.74, 6) is 6.69. The zero-order valence-electron chi connectivity index (χ0n) is 11.9. The average Bonchev–Trinajstić information content (AvgIpc) is 2.43. The number of benzene rings is 2. The second-order valence-corrected chi connectivity index (χ2v) is 5.98. The smallest absolute Gasteiger partial charge is 0.124 e. The predicted octanol–water partition coefficient (Wildman–Crippen LogP) is 3.47. The van der Waals surface area contributed by atoms with Crippen molar-refractivity contribution in [1.29, 1.82) is 0 Å². The summed E-state index contributed by atoms with van der Waals surface area (Å²) >= 11 is 2.33. The van der Waals surface area contributed by atoms with E-state index in [9.17, 15) is 0 Å². The Morgan fingerprint density at radius 2 is 1.90 bits per heavy atom. The van der Waals surface area contributed by atoms with Crippen LogP contribution in [-0.2, 0) is 0 Å². The Morgan fingerprint density at radius 3 is 2.50 bits per heavy atom. The Labute approximate surface area is 133 Å². The molecule has 1 atom stereocenters. The lowest BCUT2D eigenvalue weighted by Gasteiger charge is -2.23. The third kappa shape index (κ3) is 2.97. The Kier molecular flexibility index (Phi) is 5.01. The van der Waals surface area contributed by atoms with Crippen molar-refractivity contribution >= 4 is 22.6 Å². The van der Waals surface area contributed by atoms with E-state index in [1.54, 1.807) is 7.11 Å². The van der Waals surface area contributed by atoms with Gasteiger partial charge in [0.25, 0.3) is 0 Å². The van der Waals surface area contributed by atoms with Gasteiger partial charge >= 0.3 is 0 Å². The molecule has 0 radical (unpaired) electrons. The number of halogens is 1. The number of rotatable bonds is 4. The molecule has 3 nitrogen and oxygen atoms in total. The molecule has 2 aromatic carbocycles. The molecule has 0 aliphatic heterocycles. The molecular formula is C16H19IN2O. The molecule has 4 heteroatoms. The monoisotopic (exact) mass is 382 g/mol. The minimum Gasteiger partial charge on any atom is -0.496 e. The van der Waals surface area contributed by atoms with E-state index in [-0.39, 0.29) is 6.04 Å². The van der Waals surface area contributed by atoms with Crippen LogP contribution >= 0.6 is 22.6 Å². The molecule has 2 rings (SSSR count). The summed E-state index contributed by atoms with van der Waals surface area (Å²) in [6.45, 7) is 4.15. The summed E-state index contributed by atoms with van der Waals surface area (Å²) in [7, 11) is 1.70. The molecule has 0 heterocycles. The van der Waals surface area contributed by atoms with Crippen LogP contribution in [-0.4, -0.2) is 7.11 Å². The summed E-state index contributed by atoms with van der Waals surface area (Å²) in [4.78, 5) is 0. The van der Waals surface area contributed by atoms with Crippen LogP contribution < -0.4 is 16.0 Å². The second-order valence-electron chi connectivity index (χ2n) is 4.82. The Morgan fingerprint density at radius 1 is 1.20 bits per heavy atom. The summed E-state index contributed by atoms with van der Waals surface area (Å²) in [5, 5.41) is 0. The predicted molar refractivity (Wildman–Crippen MR) is 90.8 cm³/mol. The first-order valence-electron chi connectivity index (χ1n) is 6.44. The number of nitrogens with one attached hydrogen (secondary N) is 1. The Hall–Kier alpha value is -1.11. The highest BCUT2D eigenvalue weighted by Gasteiger charge is 2.21. The van der Waals surface area contributed by atoms with Gasteiger partial charge in [-0.15, -0.1) is 0 Å².